The van der Waals surface area contributed by atoms with E-state index in [1.54, 1.807) is 41.3 Å². The SMILES string of the molecule is N#Cc1cccnc1N1CCN(c2c(F)cc3c(=O)c(C(=O)O)cn(-c4ccc(CN5CCCC5)cc4)c3c2OC(F)(F)F)CC1. The van der Waals surface area contributed by atoms with Crippen molar-refractivity contribution in [2.75, 3.05) is 49.1 Å². The summed E-state index contributed by atoms with van der Waals surface area (Å²) in [6, 6.07) is 12.8. The monoisotopic (exact) mass is 636 g/mol. The number of likely N-dealkylation sites (tertiary alicyclic amines) is 1. The van der Waals surface area contributed by atoms with E-state index in [0.29, 0.717) is 17.9 Å². The van der Waals surface area contributed by atoms with E-state index in [0.717, 1.165) is 48.3 Å². The Hall–Kier alpha value is -5.16. The third kappa shape index (κ3) is 6.05. The number of carbonyl (C=O) groups is 1. The number of nitriles is 1. The van der Waals surface area contributed by atoms with Crippen LogP contribution in [0.1, 0.15) is 34.3 Å². The van der Waals surface area contributed by atoms with Crippen molar-refractivity contribution in [1.82, 2.24) is 14.5 Å². The maximum absolute atomic E-state index is 15.9. The highest BCUT2D eigenvalue weighted by atomic mass is 19.4. The summed E-state index contributed by atoms with van der Waals surface area (Å²) in [5.41, 5.74) is -1.31. The fraction of sp³-hybridized carbons (Fsp3) is 0.312. The Bertz CT molecular complexity index is 1890. The first-order chi connectivity index (χ1) is 22.0. The van der Waals surface area contributed by atoms with Crippen molar-refractivity contribution >= 4 is 28.4 Å². The van der Waals surface area contributed by atoms with Gasteiger partial charge in [-0.15, -0.1) is 13.2 Å². The van der Waals surface area contributed by atoms with Crippen molar-refractivity contribution < 1.29 is 32.2 Å². The minimum absolute atomic E-state index is 0.0285. The minimum Gasteiger partial charge on any atom is -0.477 e. The second-order valence-electron chi connectivity index (χ2n) is 11.1. The van der Waals surface area contributed by atoms with Crippen LogP contribution in [-0.2, 0) is 6.54 Å². The second-order valence-corrected chi connectivity index (χ2v) is 11.1. The number of piperazine rings is 1. The molecular weight excluding hydrogens is 608 g/mol. The molecule has 0 atom stereocenters. The standard InChI is InChI=1S/C32H28F4N6O4/c33-25-16-23-26(42(19-24(28(23)43)31(44)45)22-7-5-20(6-8-22)18-39-10-1-2-11-39)29(46-32(34,35)36)27(25)40-12-14-41(15-13-40)30-21(17-37)4-3-9-38-30/h3-9,16,19H,1-2,10-15,18H2,(H,44,45). The Morgan fingerprint density at radius 3 is 2.33 bits per heavy atom. The van der Waals surface area contributed by atoms with E-state index in [1.807, 2.05) is 0 Å². The summed E-state index contributed by atoms with van der Waals surface area (Å²) >= 11 is 0. The number of pyridine rings is 2. The van der Waals surface area contributed by atoms with E-state index in [-0.39, 0.29) is 31.9 Å². The van der Waals surface area contributed by atoms with Crippen molar-refractivity contribution in [2.24, 2.45) is 0 Å². The predicted octanol–water partition coefficient (Wildman–Crippen LogP) is 4.92. The summed E-state index contributed by atoms with van der Waals surface area (Å²) < 4.78 is 63.6. The van der Waals surface area contributed by atoms with Crippen LogP contribution in [0.4, 0.5) is 29.1 Å². The molecule has 0 amide bonds. The molecule has 2 aromatic carbocycles. The van der Waals surface area contributed by atoms with Gasteiger partial charge in [-0.25, -0.2) is 14.2 Å². The summed E-state index contributed by atoms with van der Waals surface area (Å²) in [6.07, 6.45) is -0.627. The first-order valence-electron chi connectivity index (χ1n) is 14.6. The lowest BCUT2D eigenvalue weighted by atomic mass is 10.1. The van der Waals surface area contributed by atoms with Gasteiger partial charge in [0, 0.05) is 50.8 Å². The summed E-state index contributed by atoms with van der Waals surface area (Å²) in [4.78, 5) is 35.0. The molecule has 0 unspecified atom stereocenters. The molecule has 46 heavy (non-hydrogen) atoms. The molecule has 2 aromatic heterocycles. The number of rotatable bonds is 7. The molecule has 4 aromatic rings. The molecule has 1 N–H and O–H groups in total. The molecule has 0 saturated carbocycles. The number of carboxylic acids is 1. The van der Waals surface area contributed by atoms with E-state index in [2.05, 4.69) is 20.7 Å². The van der Waals surface area contributed by atoms with E-state index in [1.165, 1.54) is 11.1 Å². The normalized spacial score (nSPS) is 15.7. The van der Waals surface area contributed by atoms with Gasteiger partial charge in [-0.3, -0.25) is 9.69 Å². The fourth-order valence-electron chi connectivity index (χ4n) is 6.12. The van der Waals surface area contributed by atoms with Gasteiger partial charge in [0.1, 0.15) is 28.7 Å². The molecular formula is C32H28F4N6O4. The lowest BCUT2D eigenvalue weighted by Gasteiger charge is -2.38. The highest BCUT2D eigenvalue weighted by Crippen LogP contribution is 2.42. The lowest BCUT2D eigenvalue weighted by molar-refractivity contribution is -0.274. The lowest BCUT2D eigenvalue weighted by Crippen LogP contribution is -2.47. The van der Waals surface area contributed by atoms with Gasteiger partial charge >= 0.3 is 12.3 Å². The largest absolute Gasteiger partial charge is 0.573 e. The van der Waals surface area contributed by atoms with E-state index >= 15 is 4.39 Å². The minimum atomic E-state index is -5.28. The Morgan fingerprint density at radius 1 is 1.02 bits per heavy atom. The molecule has 2 aliphatic rings. The van der Waals surface area contributed by atoms with Gasteiger partial charge in [-0.05, 0) is 61.8 Å². The highest BCUT2D eigenvalue weighted by Gasteiger charge is 2.37. The van der Waals surface area contributed by atoms with Crippen LogP contribution in [0.5, 0.6) is 5.75 Å². The number of aromatic carboxylic acids is 1. The Kier molecular flexibility index (Phi) is 8.26. The van der Waals surface area contributed by atoms with Gasteiger partial charge in [0.2, 0.25) is 5.43 Å². The summed E-state index contributed by atoms with van der Waals surface area (Å²) in [5.74, 6) is -3.35. The van der Waals surface area contributed by atoms with Gasteiger partial charge < -0.3 is 24.2 Å². The summed E-state index contributed by atoms with van der Waals surface area (Å²) in [6.45, 7) is 3.02. The Morgan fingerprint density at radius 2 is 1.70 bits per heavy atom. The Labute approximate surface area is 260 Å². The summed E-state index contributed by atoms with van der Waals surface area (Å²) in [5, 5.41) is 18.7. The topological polar surface area (TPSA) is 115 Å². The van der Waals surface area contributed by atoms with Crippen molar-refractivity contribution in [2.45, 2.75) is 25.7 Å². The zero-order chi connectivity index (χ0) is 32.6. The molecule has 0 spiro atoms. The number of nitrogens with zero attached hydrogens (tertiary/aromatic N) is 6. The van der Waals surface area contributed by atoms with Gasteiger partial charge in [0.05, 0.1) is 10.9 Å². The molecule has 4 heterocycles. The second kappa shape index (κ2) is 12.3. The number of hydrogen-bond donors (Lipinski definition) is 1. The number of ether oxygens (including phenoxy) is 1. The van der Waals surface area contributed by atoms with Crippen LogP contribution in [0.15, 0.2) is 59.7 Å². The molecule has 14 heteroatoms. The predicted molar refractivity (Wildman–Crippen MR) is 161 cm³/mol. The van der Waals surface area contributed by atoms with Crippen molar-refractivity contribution in [3.8, 4) is 17.5 Å². The summed E-state index contributed by atoms with van der Waals surface area (Å²) in [7, 11) is 0. The molecule has 6 rings (SSSR count). The van der Waals surface area contributed by atoms with Gasteiger partial charge in [-0.2, -0.15) is 5.26 Å². The first kappa shape index (κ1) is 30.8. The number of hydrogen-bond acceptors (Lipinski definition) is 8. The molecule has 10 nitrogen and oxygen atoms in total. The van der Waals surface area contributed by atoms with Gasteiger partial charge in [-0.1, -0.05) is 12.1 Å². The van der Waals surface area contributed by atoms with E-state index in [9.17, 15) is 33.1 Å². The molecule has 0 radical (unpaired) electrons. The smallest absolute Gasteiger partial charge is 0.477 e. The molecule has 0 aliphatic carbocycles. The molecule has 2 aliphatic heterocycles. The van der Waals surface area contributed by atoms with Crippen LogP contribution in [0, 0.1) is 17.1 Å². The van der Waals surface area contributed by atoms with E-state index in [4.69, 9.17) is 0 Å². The maximum Gasteiger partial charge on any atom is 0.573 e. The van der Waals surface area contributed by atoms with Crippen LogP contribution in [0.25, 0.3) is 16.6 Å². The van der Waals surface area contributed by atoms with Gasteiger partial charge in [0.25, 0.3) is 0 Å². The average Bonchev–Trinajstić information content (AvgIpc) is 3.54. The van der Waals surface area contributed by atoms with Crippen LogP contribution in [0.3, 0.4) is 0 Å². The van der Waals surface area contributed by atoms with Crippen molar-refractivity contribution in [1.29, 1.82) is 5.26 Å². The van der Waals surface area contributed by atoms with Crippen molar-refractivity contribution in [3.05, 3.63) is 87.6 Å². The number of alkyl halides is 3. The molecule has 2 fully saturated rings. The number of fused-ring (bicyclic) bond motifs is 1. The fourth-order valence-corrected chi connectivity index (χ4v) is 6.12. The van der Waals surface area contributed by atoms with Crippen LogP contribution in [0.2, 0.25) is 0 Å². The zero-order valence-electron chi connectivity index (χ0n) is 24.4. The molecule has 0 bridgehead atoms. The number of carboxylic acid groups (broad SMARTS) is 1. The number of anilines is 2. The number of aromatic nitrogens is 2. The third-order valence-electron chi connectivity index (χ3n) is 8.24. The van der Waals surface area contributed by atoms with Crippen LogP contribution < -0.4 is 20.0 Å². The molecule has 2 saturated heterocycles. The van der Waals surface area contributed by atoms with Crippen LogP contribution >= 0.6 is 0 Å². The third-order valence-corrected chi connectivity index (χ3v) is 8.24. The highest BCUT2D eigenvalue weighted by molar-refractivity contribution is 5.98. The quantitative estimate of drug-likeness (QED) is 0.283. The maximum atomic E-state index is 15.9. The Balaban J connectivity index is 1.48. The van der Waals surface area contributed by atoms with E-state index < -0.39 is 51.5 Å². The average molecular weight is 637 g/mol. The zero-order valence-corrected chi connectivity index (χ0v) is 24.4. The molecule has 238 valence electrons. The first-order valence-corrected chi connectivity index (χ1v) is 14.6. The van der Waals surface area contributed by atoms with Gasteiger partial charge in [0.15, 0.2) is 11.6 Å². The number of halogens is 4. The van der Waals surface area contributed by atoms with Crippen LogP contribution in [-0.4, -0.2) is 71.2 Å². The number of benzene rings is 2. The van der Waals surface area contributed by atoms with Crippen molar-refractivity contribution in [3.63, 3.8) is 0 Å².